The van der Waals surface area contributed by atoms with Crippen molar-refractivity contribution in [1.29, 1.82) is 10.5 Å². The van der Waals surface area contributed by atoms with Crippen molar-refractivity contribution in [2.45, 2.75) is 19.3 Å². The summed E-state index contributed by atoms with van der Waals surface area (Å²) in [5, 5.41) is 23.7. The number of fused-ring (bicyclic) bond motifs is 1. The third-order valence-corrected chi connectivity index (χ3v) is 3.19. The molecule has 0 aromatic heterocycles. The zero-order valence-corrected chi connectivity index (χ0v) is 11.2. The minimum atomic E-state index is -0.271. The molecule has 0 unspecified atom stereocenters. The lowest BCUT2D eigenvalue weighted by atomic mass is 9.79. The van der Waals surface area contributed by atoms with Crippen LogP contribution in [0.3, 0.4) is 0 Å². The average molecular weight is 267 g/mol. The second kappa shape index (κ2) is 5.02. The molecule has 1 amide bonds. The van der Waals surface area contributed by atoms with Crippen LogP contribution >= 0.6 is 0 Å². The van der Waals surface area contributed by atoms with Crippen molar-refractivity contribution in [3.05, 3.63) is 29.3 Å². The van der Waals surface area contributed by atoms with Gasteiger partial charge in [0, 0.05) is 17.5 Å². The molecule has 20 heavy (non-hydrogen) atoms. The molecule has 1 aliphatic heterocycles. The van der Waals surface area contributed by atoms with Gasteiger partial charge >= 0.3 is 0 Å². The lowest BCUT2D eigenvalue weighted by Crippen LogP contribution is -2.43. The zero-order valence-electron chi connectivity index (χ0n) is 11.2. The molecule has 0 radical (unpaired) electrons. The Kier molecular flexibility index (Phi) is 3.41. The predicted molar refractivity (Wildman–Crippen MR) is 74.1 cm³/mol. The maximum Gasteiger partial charge on any atom is 0.251 e. The second-order valence-electron chi connectivity index (χ2n) is 5.12. The van der Waals surface area contributed by atoms with E-state index in [9.17, 15) is 4.79 Å². The molecule has 1 aromatic carbocycles. The smallest absolute Gasteiger partial charge is 0.251 e. The van der Waals surface area contributed by atoms with Crippen LogP contribution in [0.25, 0.3) is 0 Å². The number of nitriles is 2. The molecule has 0 atom stereocenters. The topological polar surface area (TPSA) is 101 Å². The molecule has 0 saturated heterocycles. The highest BCUT2D eigenvalue weighted by Crippen LogP contribution is 2.31. The summed E-state index contributed by atoms with van der Waals surface area (Å²) in [6.45, 7) is 4.71. The van der Waals surface area contributed by atoms with Crippen molar-refractivity contribution in [3.8, 4) is 12.1 Å². The van der Waals surface area contributed by atoms with Gasteiger partial charge in [-0.05, 0) is 17.7 Å². The number of carbonyl (C=O) groups is 1. The Labute approximate surface area is 116 Å². The van der Waals surface area contributed by atoms with Crippen molar-refractivity contribution >= 4 is 17.3 Å². The lowest BCUT2D eigenvalue weighted by Gasteiger charge is -2.32. The number of rotatable bonds is 2. The maximum absolute atomic E-state index is 11.9. The van der Waals surface area contributed by atoms with E-state index in [1.807, 2.05) is 6.07 Å². The van der Waals surface area contributed by atoms with E-state index >= 15 is 0 Å². The zero-order chi connectivity index (χ0) is 14.8. The van der Waals surface area contributed by atoms with Crippen LogP contribution in [0.15, 0.2) is 23.3 Å². The SMILES string of the molecule is CC1(C)CNC(=O)c2cc(NN=C(C#N)C#N)ccc21. The Hall–Kier alpha value is -2.86. The fourth-order valence-corrected chi connectivity index (χ4v) is 2.08. The third kappa shape index (κ3) is 2.45. The molecule has 0 fully saturated rings. The first-order chi connectivity index (χ1) is 9.47. The van der Waals surface area contributed by atoms with Crippen LogP contribution in [0.1, 0.15) is 29.8 Å². The van der Waals surface area contributed by atoms with Gasteiger partial charge in [0.2, 0.25) is 5.71 Å². The number of benzene rings is 1. The van der Waals surface area contributed by atoms with Gasteiger partial charge in [0.05, 0.1) is 5.69 Å². The van der Waals surface area contributed by atoms with Crippen LogP contribution in [0.2, 0.25) is 0 Å². The van der Waals surface area contributed by atoms with E-state index in [-0.39, 0.29) is 17.0 Å². The third-order valence-electron chi connectivity index (χ3n) is 3.19. The molecule has 2 rings (SSSR count). The van der Waals surface area contributed by atoms with Gasteiger partial charge in [0.1, 0.15) is 12.1 Å². The Bertz CT molecular complexity index is 660. The molecule has 0 spiro atoms. The number of anilines is 1. The molecule has 0 saturated carbocycles. The van der Waals surface area contributed by atoms with Crippen LogP contribution in [-0.4, -0.2) is 18.2 Å². The summed E-state index contributed by atoms with van der Waals surface area (Å²) >= 11 is 0. The van der Waals surface area contributed by atoms with Gasteiger partial charge in [0.15, 0.2) is 0 Å². The first-order valence-corrected chi connectivity index (χ1v) is 6.04. The summed E-state index contributed by atoms with van der Waals surface area (Å²) in [6, 6.07) is 8.61. The Morgan fingerprint density at radius 2 is 2.10 bits per heavy atom. The quantitative estimate of drug-likeness (QED) is 0.626. The van der Waals surface area contributed by atoms with Gasteiger partial charge in [-0.25, -0.2) is 0 Å². The highest BCUT2D eigenvalue weighted by Gasteiger charge is 2.31. The highest BCUT2D eigenvalue weighted by atomic mass is 16.1. The molecule has 1 aliphatic rings. The Morgan fingerprint density at radius 1 is 1.40 bits per heavy atom. The summed E-state index contributed by atoms with van der Waals surface area (Å²) in [4.78, 5) is 11.9. The van der Waals surface area contributed by atoms with E-state index in [0.29, 0.717) is 17.8 Å². The van der Waals surface area contributed by atoms with E-state index in [2.05, 4.69) is 29.7 Å². The standard InChI is InChI=1S/C14H13N5O/c1-14(2)8-17-13(20)11-5-9(3-4-12(11)14)18-19-10(6-15)7-16/h3-5,18H,8H2,1-2H3,(H,17,20). The second-order valence-corrected chi connectivity index (χ2v) is 5.12. The van der Waals surface area contributed by atoms with Gasteiger partial charge in [-0.15, -0.1) is 0 Å². The number of hydrogen-bond donors (Lipinski definition) is 2. The number of nitrogens with one attached hydrogen (secondary N) is 2. The number of nitrogens with zero attached hydrogens (tertiary/aromatic N) is 3. The van der Waals surface area contributed by atoms with Crippen molar-refractivity contribution in [1.82, 2.24) is 5.32 Å². The summed E-state index contributed by atoms with van der Waals surface area (Å²) < 4.78 is 0. The lowest BCUT2D eigenvalue weighted by molar-refractivity contribution is 0.0930. The van der Waals surface area contributed by atoms with E-state index < -0.39 is 0 Å². The van der Waals surface area contributed by atoms with E-state index in [0.717, 1.165) is 5.56 Å². The van der Waals surface area contributed by atoms with E-state index in [1.54, 1.807) is 24.3 Å². The predicted octanol–water partition coefficient (Wildman–Crippen LogP) is 1.52. The van der Waals surface area contributed by atoms with Crippen LogP contribution in [-0.2, 0) is 5.41 Å². The molecular formula is C14H13N5O. The van der Waals surface area contributed by atoms with E-state index in [1.165, 1.54) is 0 Å². The van der Waals surface area contributed by atoms with Gasteiger partial charge in [-0.1, -0.05) is 19.9 Å². The number of hydrazone groups is 1. The average Bonchev–Trinajstić information content (AvgIpc) is 2.44. The highest BCUT2D eigenvalue weighted by molar-refractivity contribution is 6.10. The summed E-state index contributed by atoms with van der Waals surface area (Å²) in [7, 11) is 0. The first-order valence-electron chi connectivity index (χ1n) is 6.04. The molecule has 1 aromatic rings. The largest absolute Gasteiger partial charge is 0.351 e. The number of amides is 1. The van der Waals surface area contributed by atoms with Crippen molar-refractivity contribution in [2.24, 2.45) is 5.10 Å². The molecular weight excluding hydrogens is 254 g/mol. The van der Waals surface area contributed by atoms with Crippen LogP contribution in [0.4, 0.5) is 5.69 Å². The van der Waals surface area contributed by atoms with Crippen LogP contribution in [0.5, 0.6) is 0 Å². The molecule has 0 bridgehead atoms. The van der Waals surface area contributed by atoms with Crippen molar-refractivity contribution in [2.75, 3.05) is 12.0 Å². The number of carbonyl (C=O) groups excluding carboxylic acids is 1. The maximum atomic E-state index is 11.9. The normalized spacial score (nSPS) is 15.1. The Balaban J connectivity index is 2.36. The van der Waals surface area contributed by atoms with Gasteiger partial charge in [-0.3, -0.25) is 10.2 Å². The van der Waals surface area contributed by atoms with Gasteiger partial charge < -0.3 is 5.32 Å². The molecule has 100 valence electrons. The summed E-state index contributed by atoms with van der Waals surface area (Å²) in [6.07, 6.45) is 0. The fourth-order valence-electron chi connectivity index (χ4n) is 2.08. The minimum absolute atomic E-state index is 0.129. The molecule has 0 aliphatic carbocycles. The van der Waals surface area contributed by atoms with Crippen molar-refractivity contribution < 1.29 is 4.79 Å². The molecule has 1 heterocycles. The minimum Gasteiger partial charge on any atom is -0.351 e. The van der Waals surface area contributed by atoms with Crippen LogP contribution < -0.4 is 10.7 Å². The summed E-state index contributed by atoms with van der Waals surface area (Å²) in [5.41, 5.74) is 4.31. The van der Waals surface area contributed by atoms with Crippen LogP contribution in [0, 0.1) is 22.7 Å². The first kappa shape index (κ1) is 13.6. The molecule has 6 heteroatoms. The monoisotopic (exact) mass is 267 g/mol. The fraction of sp³-hybridized carbons (Fsp3) is 0.286. The van der Waals surface area contributed by atoms with Gasteiger partial charge in [-0.2, -0.15) is 15.6 Å². The van der Waals surface area contributed by atoms with Gasteiger partial charge in [0.25, 0.3) is 5.91 Å². The van der Waals surface area contributed by atoms with Crippen molar-refractivity contribution in [3.63, 3.8) is 0 Å². The Morgan fingerprint density at radius 3 is 2.75 bits per heavy atom. The summed E-state index contributed by atoms with van der Waals surface area (Å²) in [5.74, 6) is -0.132. The molecule has 2 N–H and O–H groups in total. The number of hydrogen-bond acceptors (Lipinski definition) is 5. The van der Waals surface area contributed by atoms with E-state index in [4.69, 9.17) is 10.5 Å². The molecule has 6 nitrogen and oxygen atoms in total.